The smallest absolute Gasteiger partial charge is 0.240 e. The zero-order chi connectivity index (χ0) is 21.7. The molecule has 0 aliphatic carbocycles. The van der Waals surface area contributed by atoms with E-state index in [1.54, 1.807) is 10.9 Å². The lowest BCUT2D eigenvalue weighted by molar-refractivity contribution is 0.275. The van der Waals surface area contributed by atoms with Crippen molar-refractivity contribution in [2.24, 2.45) is 13.0 Å². The Labute approximate surface area is 176 Å². The third kappa shape index (κ3) is 5.16. The van der Waals surface area contributed by atoms with E-state index in [2.05, 4.69) is 15.1 Å². The third-order valence-corrected chi connectivity index (χ3v) is 6.48. The average Bonchev–Trinajstić information content (AvgIpc) is 3.11. The first-order valence-corrected chi connectivity index (χ1v) is 11.3. The van der Waals surface area contributed by atoms with Crippen LogP contribution in [0.2, 0.25) is 0 Å². The molecule has 1 atom stereocenters. The van der Waals surface area contributed by atoms with Gasteiger partial charge < -0.3 is 10.4 Å². The quantitative estimate of drug-likeness (QED) is 0.456. The SMILES string of the molecule is CC(CCCO)CNc1ccc(S(=O)(=O)NCc2cccc3c2cnn3C)cc1F. The van der Waals surface area contributed by atoms with Gasteiger partial charge in [0.1, 0.15) is 5.82 Å². The Morgan fingerprint density at radius 3 is 2.80 bits per heavy atom. The minimum absolute atomic E-state index is 0.0787. The molecule has 9 heteroatoms. The highest BCUT2D eigenvalue weighted by Crippen LogP contribution is 2.21. The summed E-state index contributed by atoms with van der Waals surface area (Å²) in [6, 6.07) is 9.43. The highest BCUT2D eigenvalue weighted by atomic mass is 32.2. The van der Waals surface area contributed by atoms with Crippen LogP contribution in [0.1, 0.15) is 25.3 Å². The summed E-state index contributed by atoms with van der Waals surface area (Å²) in [5.41, 5.74) is 1.95. The molecule has 1 heterocycles. The number of nitrogens with zero attached hydrogens (tertiary/aromatic N) is 2. The van der Waals surface area contributed by atoms with Crippen LogP contribution in [0.5, 0.6) is 0 Å². The second kappa shape index (κ2) is 9.55. The second-order valence-electron chi connectivity index (χ2n) is 7.44. The van der Waals surface area contributed by atoms with Gasteiger partial charge in [0.25, 0.3) is 0 Å². The number of aromatic nitrogens is 2. The molecule has 0 spiro atoms. The van der Waals surface area contributed by atoms with Crippen molar-refractivity contribution in [3.05, 3.63) is 54.0 Å². The average molecular weight is 435 g/mol. The van der Waals surface area contributed by atoms with Gasteiger partial charge in [-0.1, -0.05) is 19.1 Å². The number of nitrogens with one attached hydrogen (secondary N) is 2. The summed E-state index contributed by atoms with van der Waals surface area (Å²) in [7, 11) is -2.05. The minimum atomic E-state index is -3.88. The zero-order valence-corrected chi connectivity index (χ0v) is 17.9. The lowest BCUT2D eigenvalue weighted by Crippen LogP contribution is -2.23. The molecule has 0 saturated carbocycles. The van der Waals surface area contributed by atoms with Crippen molar-refractivity contribution in [2.75, 3.05) is 18.5 Å². The molecule has 1 aromatic heterocycles. The standard InChI is InChI=1S/C21H27FN4O3S/c1-15(5-4-10-27)12-23-20-9-8-17(11-19(20)22)30(28,29)25-13-16-6-3-7-21-18(16)14-24-26(21)2/h3,6-9,11,14-15,23,25,27H,4-5,10,12-13H2,1-2H3. The topological polar surface area (TPSA) is 96.2 Å². The maximum Gasteiger partial charge on any atom is 0.240 e. The van der Waals surface area contributed by atoms with Gasteiger partial charge in [-0.05, 0) is 48.6 Å². The van der Waals surface area contributed by atoms with Crippen LogP contribution in [0.25, 0.3) is 10.9 Å². The summed E-state index contributed by atoms with van der Waals surface area (Å²) in [6.07, 6.45) is 3.22. The maximum atomic E-state index is 14.5. The molecule has 0 fully saturated rings. The molecule has 2 aromatic carbocycles. The van der Waals surface area contributed by atoms with Crippen LogP contribution in [-0.2, 0) is 23.6 Å². The molecule has 0 saturated heterocycles. The number of fused-ring (bicyclic) bond motifs is 1. The summed E-state index contributed by atoms with van der Waals surface area (Å²) in [6.45, 7) is 2.76. The van der Waals surface area contributed by atoms with Gasteiger partial charge in [-0.2, -0.15) is 5.10 Å². The van der Waals surface area contributed by atoms with Crippen LogP contribution in [0.3, 0.4) is 0 Å². The summed E-state index contributed by atoms with van der Waals surface area (Å²) >= 11 is 0. The van der Waals surface area contributed by atoms with Crippen LogP contribution < -0.4 is 10.0 Å². The highest BCUT2D eigenvalue weighted by Gasteiger charge is 2.17. The molecule has 0 aliphatic rings. The van der Waals surface area contributed by atoms with Crippen molar-refractivity contribution in [2.45, 2.75) is 31.2 Å². The summed E-state index contributed by atoms with van der Waals surface area (Å²) in [5, 5.41) is 16.9. The Morgan fingerprint density at radius 2 is 2.07 bits per heavy atom. The number of benzene rings is 2. The van der Waals surface area contributed by atoms with Crippen LogP contribution >= 0.6 is 0 Å². The predicted molar refractivity (Wildman–Crippen MR) is 115 cm³/mol. The van der Waals surface area contributed by atoms with Crippen molar-refractivity contribution in [1.82, 2.24) is 14.5 Å². The maximum absolute atomic E-state index is 14.5. The lowest BCUT2D eigenvalue weighted by atomic mass is 10.1. The van der Waals surface area contributed by atoms with E-state index in [4.69, 9.17) is 5.11 Å². The first-order chi connectivity index (χ1) is 14.3. The number of rotatable bonds is 10. The predicted octanol–water partition coefficient (Wildman–Crippen LogP) is 3.01. The fourth-order valence-corrected chi connectivity index (χ4v) is 4.30. The Kier molecular flexibility index (Phi) is 7.06. The summed E-state index contributed by atoms with van der Waals surface area (Å²) < 4.78 is 44.0. The van der Waals surface area contributed by atoms with E-state index < -0.39 is 15.8 Å². The van der Waals surface area contributed by atoms with Crippen LogP contribution in [0.15, 0.2) is 47.5 Å². The van der Waals surface area contributed by atoms with E-state index in [0.717, 1.165) is 29.0 Å². The van der Waals surface area contributed by atoms with E-state index >= 15 is 0 Å². The molecule has 3 rings (SSSR count). The lowest BCUT2D eigenvalue weighted by Gasteiger charge is -2.14. The second-order valence-corrected chi connectivity index (χ2v) is 9.20. The fraction of sp³-hybridized carbons (Fsp3) is 0.381. The number of halogens is 1. The van der Waals surface area contributed by atoms with Gasteiger partial charge in [0.15, 0.2) is 0 Å². The Hall–Kier alpha value is -2.49. The summed E-state index contributed by atoms with van der Waals surface area (Å²) in [4.78, 5) is -0.128. The monoisotopic (exact) mass is 434 g/mol. The van der Waals surface area contributed by atoms with Crippen LogP contribution in [0.4, 0.5) is 10.1 Å². The zero-order valence-electron chi connectivity index (χ0n) is 17.1. The van der Waals surface area contributed by atoms with Gasteiger partial charge in [-0.3, -0.25) is 4.68 Å². The molecule has 0 amide bonds. The van der Waals surface area contributed by atoms with E-state index in [1.807, 2.05) is 32.2 Å². The van der Waals surface area contributed by atoms with Gasteiger partial charge in [0.05, 0.1) is 22.3 Å². The van der Waals surface area contributed by atoms with Crippen molar-refractivity contribution in [1.29, 1.82) is 0 Å². The highest BCUT2D eigenvalue weighted by molar-refractivity contribution is 7.89. The molecule has 3 N–H and O–H groups in total. The third-order valence-electron chi connectivity index (χ3n) is 5.08. The number of hydrogen-bond donors (Lipinski definition) is 3. The van der Waals surface area contributed by atoms with Crippen molar-refractivity contribution < 1.29 is 17.9 Å². The van der Waals surface area contributed by atoms with Crippen LogP contribution in [-0.4, -0.2) is 36.5 Å². The number of anilines is 1. The molecule has 1 unspecified atom stereocenters. The normalized spacial score (nSPS) is 12.9. The molecule has 7 nitrogen and oxygen atoms in total. The molecule has 0 radical (unpaired) electrons. The van der Waals surface area contributed by atoms with Gasteiger partial charge in [-0.15, -0.1) is 0 Å². The number of aliphatic hydroxyl groups is 1. The van der Waals surface area contributed by atoms with Gasteiger partial charge >= 0.3 is 0 Å². The van der Waals surface area contributed by atoms with E-state index in [0.29, 0.717) is 13.0 Å². The largest absolute Gasteiger partial charge is 0.396 e. The van der Waals surface area contributed by atoms with Gasteiger partial charge in [0.2, 0.25) is 10.0 Å². The van der Waals surface area contributed by atoms with E-state index in [-0.39, 0.29) is 29.7 Å². The number of hydrogen-bond acceptors (Lipinski definition) is 5. The Morgan fingerprint density at radius 1 is 1.27 bits per heavy atom. The van der Waals surface area contributed by atoms with Crippen LogP contribution in [0, 0.1) is 11.7 Å². The summed E-state index contributed by atoms with van der Waals surface area (Å²) in [5.74, 6) is -0.363. The van der Waals surface area contributed by atoms with Gasteiger partial charge in [0, 0.05) is 32.1 Å². The molecular weight excluding hydrogens is 407 g/mol. The number of aryl methyl sites for hydroxylation is 1. The fourth-order valence-electron chi connectivity index (χ4n) is 3.28. The van der Waals surface area contributed by atoms with Crippen molar-refractivity contribution >= 4 is 26.6 Å². The number of sulfonamides is 1. The first kappa shape index (κ1) is 22.2. The molecule has 3 aromatic rings. The van der Waals surface area contributed by atoms with Crippen molar-refractivity contribution in [3.8, 4) is 0 Å². The molecule has 162 valence electrons. The Bertz CT molecular complexity index is 1110. The molecule has 0 aliphatic heterocycles. The number of aliphatic hydroxyl groups excluding tert-OH is 1. The Balaban J connectivity index is 1.67. The first-order valence-electron chi connectivity index (χ1n) is 9.85. The van der Waals surface area contributed by atoms with Crippen molar-refractivity contribution in [3.63, 3.8) is 0 Å². The van der Waals surface area contributed by atoms with E-state index in [1.165, 1.54) is 12.1 Å². The molecule has 0 bridgehead atoms. The van der Waals surface area contributed by atoms with Gasteiger partial charge in [-0.25, -0.2) is 17.5 Å². The molecular formula is C21H27FN4O3S. The minimum Gasteiger partial charge on any atom is -0.396 e. The molecule has 30 heavy (non-hydrogen) atoms. The van der Waals surface area contributed by atoms with E-state index in [9.17, 15) is 12.8 Å².